The lowest BCUT2D eigenvalue weighted by molar-refractivity contribution is -0.122. The molecule has 0 saturated carbocycles. The summed E-state index contributed by atoms with van der Waals surface area (Å²) in [6.45, 7) is 5.64. The number of thioether (sulfide) groups is 1. The Morgan fingerprint density at radius 3 is 2.53 bits per heavy atom. The van der Waals surface area contributed by atoms with Crippen molar-refractivity contribution in [3.63, 3.8) is 0 Å². The van der Waals surface area contributed by atoms with E-state index in [0.29, 0.717) is 32.8 Å². The average molecular weight is 492 g/mol. The molecule has 0 atom stereocenters. The summed E-state index contributed by atoms with van der Waals surface area (Å²) in [6, 6.07) is 13.6. The molecule has 1 amide bonds. The Balaban J connectivity index is 1.57. The highest BCUT2D eigenvalue weighted by Crippen LogP contribution is 2.34. The number of pyridine rings is 1. The van der Waals surface area contributed by atoms with Crippen molar-refractivity contribution in [1.29, 1.82) is 0 Å². The second-order valence-electron chi connectivity index (χ2n) is 8.63. The van der Waals surface area contributed by atoms with Crippen LogP contribution < -0.4 is 10.5 Å². The van der Waals surface area contributed by atoms with Crippen LogP contribution in [0.3, 0.4) is 0 Å². The van der Waals surface area contributed by atoms with Crippen molar-refractivity contribution in [2.75, 3.05) is 38.1 Å². The molecule has 7 nitrogen and oxygen atoms in total. The van der Waals surface area contributed by atoms with Gasteiger partial charge in [0.15, 0.2) is 0 Å². The van der Waals surface area contributed by atoms with Crippen LogP contribution in [0.15, 0.2) is 58.4 Å². The molecule has 9 heteroatoms. The first-order chi connectivity index (χ1) is 16.4. The van der Waals surface area contributed by atoms with Crippen LogP contribution in [0.25, 0.3) is 11.7 Å². The Bertz CT molecular complexity index is 1360. The van der Waals surface area contributed by atoms with Gasteiger partial charge < -0.3 is 9.80 Å². The fourth-order valence-electron chi connectivity index (χ4n) is 4.17. The van der Waals surface area contributed by atoms with Crippen LogP contribution in [0.4, 0.5) is 5.82 Å². The summed E-state index contributed by atoms with van der Waals surface area (Å²) in [5.74, 6) is 0.437. The second kappa shape index (κ2) is 9.32. The number of benzene rings is 1. The zero-order valence-electron chi connectivity index (χ0n) is 19.1. The summed E-state index contributed by atoms with van der Waals surface area (Å²) in [6.07, 6.45) is 3.47. The standard InChI is InChI=1S/C25H25N5O2S2/c1-17-8-9-21-26-22(28-12-10-27(2)11-13-28)19(23(31)29(21)15-17)14-20-24(32)30(25(33)34-20)16-18-6-4-3-5-7-18/h3-9,14-15H,10-13,16H2,1-2H3/b20-14-. The van der Waals surface area contributed by atoms with Crippen molar-refractivity contribution in [3.8, 4) is 0 Å². The molecule has 0 radical (unpaired) electrons. The zero-order valence-corrected chi connectivity index (χ0v) is 20.7. The number of carbonyl (C=O) groups is 1. The molecule has 2 aliphatic heterocycles. The van der Waals surface area contributed by atoms with Crippen molar-refractivity contribution < 1.29 is 4.79 Å². The monoisotopic (exact) mass is 491 g/mol. The topological polar surface area (TPSA) is 61.2 Å². The quantitative estimate of drug-likeness (QED) is 0.410. The van der Waals surface area contributed by atoms with Gasteiger partial charge in [-0.25, -0.2) is 4.98 Å². The fourth-order valence-corrected chi connectivity index (χ4v) is 5.40. The number of rotatable bonds is 4. The minimum atomic E-state index is -0.184. The van der Waals surface area contributed by atoms with E-state index in [1.54, 1.807) is 21.6 Å². The summed E-state index contributed by atoms with van der Waals surface area (Å²) in [7, 11) is 2.09. The van der Waals surface area contributed by atoms with Crippen molar-refractivity contribution in [3.05, 3.63) is 80.6 Å². The van der Waals surface area contributed by atoms with E-state index in [1.807, 2.05) is 49.4 Å². The van der Waals surface area contributed by atoms with Crippen LogP contribution in [-0.2, 0) is 11.3 Å². The van der Waals surface area contributed by atoms with Crippen LogP contribution in [-0.4, -0.2) is 62.6 Å². The number of carbonyl (C=O) groups excluding carboxylic acids is 1. The molecule has 0 aliphatic carbocycles. The SMILES string of the molecule is Cc1ccc2nc(N3CCN(C)CC3)c(/C=C3\SC(=S)N(Cc4ccccc4)C3=O)c(=O)n2c1. The number of hydrogen-bond donors (Lipinski definition) is 0. The first-order valence-corrected chi connectivity index (χ1v) is 12.4. The molecule has 2 fully saturated rings. The number of nitrogens with zero attached hydrogens (tertiary/aromatic N) is 5. The molecule has 2 saturated heterocycles. The highest BCUT2D eigenvalue weighted by molar-refractivity contribution is 8.26. The maximum atomic E-state index is 13.6. The molecule has 5 rings (SSSR count). The van der Waals surface area contributed by atoms with E-state index in [-0.39, 0.29) is 11.5 Å². The van der Waals surface area contributed by atoms with Gasteiger partial charge in [0, 0.05) is 32.4 Å². The van der Waals surface area contributed by atoms with Gasteiger partial charge in [-0.15, -0.1) is 0 Å². The van der Waals surface area contributed by atoms with Crippen molar-refractivity contribution in [2.45, 2.75) is 13.5 Å². The lowest BCUT2D eigenvalue weighted by atomic mass is 10.2. The van der Waals surface area contributed by atoms with Gasteiger partial charge in [0.25, 0.3) is 11.5 Å². The number of likely N-dealkylation sites (N-methyl/N-ethyl adjacent to an activating group) is 1. The van der Waals surface area contributed by atoms with E-state index in [9.17, 15) is 9.59 Å². The Kier molecular flexibility index (Phi) is 6.24. The molecule has 0 N–H and O–H groups in total. The van der Waals surface area contributed by atoms with Crippen molar-refractivity contribution in [2.24, 2.45) is 0 Å². The first-order valence-electron chi connectivity index (χ1n) is 11.2. The van der Waals surface area contributed by atoms with Crippen LogP contribution in [0.2, 0.25) is 0 Å². The highest BCUT2D eigenvalue weighted by atomic mass is 32.2. The number of amides is 1. The first kappa shape index (κ1) is 22.8. The molecule has 2 aliphatic rings. The van der Waals surface area contributed by atoms with Gasteiger partial charge in [-0.3, -0.25) is 18.9 Å². The molecule has 174 valence electrons. The van der Waals surface area contributed by atoms with E-state index in [1.165, 1.54) is 11.8 Å². The third-order valence-electron chi connectivity index (χ3n) is 6.12. The number of piperazine rings is 1. The third kappa shape index (κ3) is 4.38. The lowest BCUT2D eigenvalue weighted by Crippen LogP contribution is -2.45. The molecule has 4 heterocycles. The maximum absolute atomic E-state index is 13.6. The van der Waals surface area contributed by atoms with E-state index < -0.39 is 0 Å². The van der Waals surface area contributed by atoms with Gasteiger partial charge in [0.2, 0.25) is 0 Å². The zero-order chi connectivity index (χ0) is 23.8. The van der Waals surface area contributed by atoms with E-state index >= 15 is 0 Å². The van der Waals surface area contributed by atoms with E-state index in [4.69, 9.17) is 17.2 Å². The number of anilines is 1. The smallest absolute Gasteiger partial charge is 0.267 e. The number of thiocarbonyl (C=S) groups is 1. The van der Waals surface area contributed by atoms with Crippen LogP contribution in [0, 0.1) is 6.92 Å². The van der Waals surface area contributed by atoms with Gasteiger partial charge >= 0.3 is 0 Å². The molecular formula is C25H25N5O2S2. The van der Waals surface area contributed by atoms with Crippen molar-refractivity contribution >= 4 is 51.7 Å². The summed E-state index contributed by atoms with van der Waals surface area (Å²) < 4.78 is 2.05. The van der Waals surface area contributed by atoms with Crippen LogP contribution in [0.5, 0.6) is 0 Å². The molecule has 0 spiro atoms. The summed E-state index contributed by atoms with van der Waals surface area (Å²) in [4.78, 5) is 38.2. The average Bonchev–Trinajstić information content (AvgIpc) is 3.10. The summed E-state index contributed by atoms with van der Waals surface area (Å²) in [5, 5.41) is 0. The Morgan fingerprint density at radius 1 is 1.06 bits per heavy atom. The van der Waals surface area contributed by atoms with Crippen LogP contribution in [0.1, 0.15) is 16.7 Å². The number of hydrogen-bond acceptors (Lipinski definition) is 7. The molecule has 2 aromatic heterocycles. The van der Waals surface area contributed by atoms with Crippen molar-refractivity contribution in [1.82, 2.24) is 19.2 Å². The third-order valence-corrected chi connectivity index (χ3v) is 7.50. The summed E-state index contributed by atoms with van der Waals surface area (Å²) in [5.41, 5.74) is 2.80. The molecule has 34 heavy (non-hydrogen) atoms. The van der Waals surface area contributed by atoms with Gasteiger partial charge in [0.1, 0.15) is 15.8 Å². The number of fused-ring (bicyclic) bond motifs is 1. The fraction of sp³-hybridized carbons (Fsp3) is 0.280. The maximum Gasteiger partial charge on any atom is 0.267 e. The lowest BCUT2D eigenvalue weighted by Gasteiger charge is -2.34. The second-order valence-corrected chi connectivity index (χ2v) is 10.3. The minimum Gasteiger partial charge on any atom is -0.353 e. The number of aryl methyl sites for hydroxylation is 1. The van der Waals surface area contributed by atoms with Gasteiger partial charge in [-0.1, -0.05) is 60.4 Å². The number of aromatic nitrogens is 2. The summed E-state index contributed by atoms with van der Waals surface area (Å²) >= 11 is 6.76. The highest BCUT2D eigenvalue weighted by Gasteiger charge is 2.33. The molecule has 0 unspecified atom stereocenters. The predicted octanol–water partition coefficient (Wildman–Crippen LogP) is 3.16. The normalized spacial score (nSPS) is 18.5. The Hall–Kier alpha value is -3.01. The Morgan fingerprint density at radius 2 is 1.79 bits per heavy atom. The molecular weight excluding hydrogens is 466 g/mol. The largest absolute Gasteiger partial charge is 0.353 e. The molecule has 0 bridgehead atoms. The minimum absolute atomic E-state index is 0.183. The molecule has 1 aromatic carbocycles. The van der Waals surface area contributed by atoms with Gasteiger partial charge in [-0.05, 0) is 37.2 Å². The van der Waals surface area contributed by atoms with Gasteiger partial charge in [-0.2, -0.15) is 0 Å². The van der Waals surface area contributed by atoms with Gasteiger partial charge in [0.05, 0.1) is 17.0 Å². The van der Waals surface area contributed by atoms with E-state index in [0.717, 1.165) is 37.3 Å². The van der Waals surface area contributed by atoms with E-state index in [2.05, 4.69) is 16.8 Å². The Labute approximate surface area is 207 Å². The predicted molar refractivity (Wildman–Crippen MR) is 141 cm³/mol. The molecule has 3 aromatic rings. The van der Waals surface area contributed by atoms with Crippen LogP contribution >= 0.6 is 24.0 Å².